The molecule has 0 unspecified atom stereocenters. The number of hydrogen-bond donors (Lipinski definition) is 0. The fourth-order valence-electron chi connectivity index (χ4n) is 2.99. The molecule has 7 heteroatoms. The summed E-state index contributed by atoms with van der Waals surface area (Å²) in [6, 6.07) is 9.77. The largest absolute Gasteiger partial charge is 0.339 e. The van der Waals surface area contributed by atoms with Crippen LogP contribution in [0.25, 0.3) is 11.4 Å². The lowest BCUT2D eigenvalue weighted by Gasteiger charge is -2.17. The molecule has 23 heavy (non-hydrogen) atoms. The maximum atomic E-state index is 5.42. The van der Waals surface area contributed by atoms with Gasteiger partial charge in [0.1, 0.15) is 6.54 Å². The van der Waals surface area contributed by atoms with Gasteiger partial charge in [-0.3, -0.25) is 0 Å². The standard InChI is InChI=1S/C16H18N6O/c1-3-7-12(8-4-1)15-18-21-22(19-15)11-14-17-16(23-20-14)13-9-5-2-6-10-13/h1,3-4,7-8,13H,2,5-6,9-11H2. The fourth-order valence-corrected chi connectivity index (χ4v) is 2.99. The van der Waals surface area contributed by atoms with Crippen LogP contribution in [0.2, 0.25) is 0 Å². The maximum Gasteiger partial charge on any atom is 0.229 e. The first-order valence-corrected chi connectivity index (χ1v) is 8.04. The Morgan fingerprint density at radius 3 is 2.74 bits per heavy atom. The maximum absolute atomic E-state index is 5.42. The van der Waals surface area contributed by atoms with Gasteiger partial charge >= 0.3 is 0 Å². The van der Waals surface area contributed by atoms with Gasteiger partial charge in [0.05, 0.1) is 0 Å². The van der Waals surface area contributed by atoms with E-state index in [-0.39, 0.29) is 0 Å². The summed E-state index contributed by atoms with van der Waals surface area (Å²) in [5.74, 6) is 2.36. The Balaban J connectivity index is 1.46. The third kappa shape index (κ3) is 3.13. The highest BCUT2D eigenvalue weighted by Crippen LogP contribution is 2.31. The molecule has 1 aromatic carbocycles. The van der Waals surface area contributed by atoms with E-state index in [0.29, 0.717) is 24.1 Å². The molecule has 1 aliphatic rings. The lowest BCUT2D eigenvalue weighted by molar-refractivity contribution is 0.311. The van der Waals surface area contributed by atoms with Crippen molar-refractivity contribution in [1.29, 1.82) is 0 Å². The molecule has 118 valence electrons. The van der Waals surface area contributed by atoms with Gasteiger partial charge < -0.3 is 4.52 Å². The van der Waals surface area contributed by atoms with E-state index in [2.05, 4.69) is 25.6 Å². The van der Waals surface area contributed by atoms with E-state index >= 15 is 0 Å². The van der Waals surface area contributed by atoms with Crippen molar-refractivity contribution < 1.29 is 4.52 Å². The Bertz CT molecular complexity index is 760. The molecule has 3 aromatic rings. The van der Waals surface area contributed by atoms with Gasteiger partial charge in [-0.1, -0.05) is 54.8 Å². The van der Waals surface area contributed by atoms with Crippen molar-refractivity contribution in [1.82, 2.24) is 30.3 Å². The molecule has 0 bridgehead atoms. The Labute approximate surface area is 133 Å². The van der Waals surface area contributed by atoms with E-state index in [0.717, 1.165) is 24.3 Å². The first kappa shape index (κ1) is 14.0. The monoisotopic (exact) mass is 310 g/mol. The van der Waals surface area contributed by atoms with E-state index in [1.165, 1.54) is 24.1 Å². The van der Waals surface area contributed by atoms with Crippen molar-refractivity contribution in [3.63, 3.8) is 0 Å². The second-order valence-electron chi connectivity index (χ2n) is 5.89. The van der Waals surface area contributed by atoms with Crippen LogP contribution in [0.3, 0.4) is 0 Å². The number of aromatic nitrogens is 6. The molecular weight excluding hydrogens is 292 g/mol. The Morgan fingerprint density at radius 2 is 1.91 bits per heavy atom. The van der Waals surface area contributed by atoms with Crippen LogP contribution in [0, 0.1) is 0 Å². The predicted molar refractivity (Wildman–Crippen MR) is 82.5 cm³/mol. The Hall–Kier alpha value is -2.57. The van der Waals surface area contributed by atoms with Crippen LogP contribution in [0.1, 0.15) is 49.7 Å². The Kier molecular flexibility index (Phi) is 3.83. The molecule has 0 atom stereocenters. The summed E-state index contributed by atoms with van der Waals surface area (Å²) in [5.41, 5.74) is 0.940. The lowest BCUT2D eigenvalue weighted by Crippen LogP contribution is -2.07. The van der Waals surface area contributed by atoms with Crippen LogP contribution in [0.15, 0.2) is 34.9 Å². The van der Waals surface area contributed by atoms with Crippen LogP contribution in [0.4, 0.5) is 0 Å². The van der Waals surface area contributed by atoms with Gasteiger partial charge in [-0.05, 0) is 18.1 Å². The van der Waals surface area contributed by atoms with Crippen molar-refractivity contribution in [2.75, 3.05) is 0 Å². The highest BCUT2D eigenvalue weighted by molar-refractivity contribution is 5.52. The van der Waals surface area contributed by atoms with E-state index in [4.69, 9.17) is 4.52 Å². The molecule has 0 aliphatic heterocycles. The van der Waals surface area contributed by atoms with Gasteiger partial charge in [0.2, 0.25) is 11.7 Å². The summed E-state index contributed by atoms with van der Waals surface area (Å²) in [6.45, 7) is 0.371. The van der Waals surface area contributed by atoms with Gasteiger partial charge in [-0.25, -0.2) is 0 Å². The third-order valence-electron chi connectivity index (χ3n) is 4.21. The summed E-state index contributed by atoms with van der Waals surface area (Å²) >= 11 is 0. The predicted octanol–water partition coefficient (Wildman–Crippen LogP) is 2.82. The number of hydrogen-bond acceptors (Lipinski definition) is 6. The fraction of sp³-hybridized carbons (Fsp3) is 0.438. The van der Waals surface area contributed by atoms with Crippen molar-refractivity contribution in [3.8, 4) is 11.4 Å². The van der Waals surface area contributed by atoms with Crippen LogP contribution in [-0.2, 0) is 6.54 Å². The lowest BCUT2D eigenvalue weighted by atomic mass is 9.89. The van der Waals surface area contributed by atoms with Crippen LogP contribution in [0.5, 0.6) is 0 Å². The number of nitrogens with zero attached hydrogens (tertiary/aromatic N) is 6. The summed E-state index contributed by atoms with van der Waals surface area (Å²) in [7, 11) is 0. The van der Waals surface area contributed by atoms with Crippen molar-refractivity contribution in [2.45, 2.75) is 44.6 Å². The molecule has 2 heterocycles. The molecule has 7 nitrogen and oxygen atoms in total. The van der Waals surface area contributed by atoms with E-state index < -0.39 is 0 Å². The van der Waals surface area contributed by atoms with E-state index in [1.54, 1.807) is 0 Å². The molecule has 0 saturated heterocycles. The molecule has 0 radical (unpaired) electrons. The average Bonchev–Trinajstić information content (AvgIpc) is 3.27. The second kappa shape index (κ2) is 6.28. The molecule has 4 rings (SSSR count). The van der Waals surface area contributed by atoms with E-state index in [1.807, 2.05) is 30.3 Å². The quantitative estimate of drug-likeness (QED) is 0.737. The van der Waals surface area contributed by atoms with Gasteiger partial charge in [0, 0.05) is 11.5 Å². The van der Waals surface area contributed by atoms with Gasteiger partial charge in [0.25, 0.3) is 0 Å². The molecule has 0 spiro atoms. The zero-order valence-electron chi connectivity index (χ0n) is 12.8. The van der Waals surface area contributed by atoms with Crippen molar-refractivity contribution >= 4 is 0 Å². The minimum atomic E-state index is 0.371. The number of rotatable bonds is 4. The summed E-state index contributed by atoms with van der Waals surface area (Å²) in [6.07, 6.45) is 6.08. The molecule has 1 fully saturated rings. The average molecular weight is 310 g/mol. The van der Waals surface area contributed by atoms with Gasteiger partial charge in [0.15, 0.2) is 5.82 Å². The first-order chi connectivity index (χ1) is 11.4. The van der Waals surface area contributed by atoms with Gasteiger partial charge in [-0.2, -0.15) is 9.78 Å². The van der Waals surface area contributed by atoms with Crippen molar-refractivity contribution in [2.24, 2.45) is 0 Å². The molecular formula is C16H18N6O. The molecule has 0 amide bonds. The molecule has 0 N–H and O–H groups in total. The van der Waals surface area contributed by atoms with E-state index in [9.17, 15) is 0 Å². The smallest absolute Gasteiger partial charge is 0.229 e. The second-order valence-corrected chi connectivity index (χ2v) is 5.89. The molecule has 1 saturated carbocycles. The molecule has 2 aromatic heterocycles. The normalized spacial score (nSPS) is 15.8. The summed E-state index contributed by atoms with van der Waals surface area (Å²) in [5, 5.41) is 16.6. The van der Waals surface area contributed by atoms with Crippen LogP contribution in [-0.4, -0.2) is 30.3 Å². The van der Waals surface area contributed by atoms with Crippen LogP contribution >= 0.6 is 0 Å². The highest BCUT2D eigenvalue weighted by atomic mass is 16.5. The third-order valence-corrected chi connectivity index (χ3v) is 4.21. The minimum absolute atomic E-state index is 0.371. The number of benzene rings is 1. The zero-order chi connectivity index (χ0) is 15.5. The Morgan fingerprint density at radius 1 is 1.09 bits per heavy atom. The first-order valence-electron chi connectivity index (χ1n) is 8.04. The van der Waals surface area contributed by atoms with Gasteiger partial charge in [-0.15, -0.1) is 10.2 Å². The zero-order valence-corrected chi connectivity index (χ0v) is 12.8. The summed E-state index contributed by atoms with van der Waals surface area (Å²) in [4.78, 5) is 6.00. The van der Waals surface area contributed by atoms with Crippen molar-refractivity contribution in [3.05, 3.63) is 42.0 Å². The molecule has 1 aliphatic carbocycles. The summed E-state index contributed by atoms with van der Waals surface area (Å²) < 4.78 is 5.42. The SMILES string of the molecule is c1ccc(-c2nnn(Cc3noc(C4CCCCC4)n3)n2)cc1. The highest BCUT2D eigenvalue weighted by Gasteiger charge is 2.21. The topological polar surface area (TPSA) is 82.5 Å². The number of tetrazole rings is 1. The minimum Gasteiger partial charge on any atom is -0.339 e. The van der Waals surface area contributed by atoms with Crippen LogP contribution < -0.4 is 0 Å².